The van der Waals surface area contributed by atoms with Crippen LogP contribution in [0.4, 0.5) is 4.79 Å². The van der Waals surface area contributed by atoms with Crippen LogP contribution in [0.1, 0.15) is 120 Å². The average molecular weight is 1140 g/mol. The van der Waals surface area contributed by atoms with E-state index in [4.69, 9.17) is 68.8 Å². The summed E-state index contributed by atoms with van der Waals surface area (Å²) in [5, 5.41) is 20.9. The van der Waals surface area contributed by atoms with Crippen LogP contribution in [0.15, 0.2) is 83.6 Å². The predicted molar refractivity (Wildman–Crippen MR) is 298 cm³/mol. The first kappa shape index (κ1) is 63.5. The molecule has 9 fully saturated rings. The van der Waals surface area contributed by atoms with Gasteiger partial charge in [0, 0.05) is 33.5 Å². The fraction of sp³-hybridized carbons (Fsp3) is 0.705. The number of carboxylic acid groups (broad SMARTS) is 1. The number of hydrogen-bond donors (Lipinski definition) is 3. The third-order valence-corrected chi connectivity index (χ3v) is 17.9. The van der Waals surface area contributed by atoms with Gasteiger partial charge in [-0.25, -0.2) is 14.4 Å². The highest BCUT2D eigenvalue weighted by Gasteiger charge is 2.74. The number of aliphatic hydroxyl groups excluding tert-OH is 1. The molecule has 6 aliphatic heterocycles. The van der Waals surface area contributed by atoms with E-state index in [0.29, 0.717) is 26.1 Å². The van der Waals surface area contributed by atoms with E-state index in [1.165, 1.54) is 28.9 Å². The van der Waals surface area contributed by atoms with Gasteiger partial charge in [0.05, 0.1) is 73.7 Å². The van der Waals surface area contributed by atoms with Crippen molar-refractivity contribution in [1.82, 2.24) is 5.32 Å². The first-order chi connectivity index (χ1) is 37.9. The van der Waals surface area contributed by atoms with E-state index in [2.05, 4.69) is 85.9 Å². The number of carbonyl (C=O) groups excluding carboxylic acids is 3. The number of halogens is 1. The maximum atomic E-state index is 12.4. The minimum absolute atomic E-state index is 0.00928. The Morgan fingerprint density at radius 3 is 1.29 bits per heavy atom. The molecular formula is C61H88ClNO17. The number of alkyl halides is 1. The van der Waals surface area contributed by atoms with Gasteiger partial charge in [0.1, 0.15) is 58.3 Å². The second-order valence-electron chi connectivity index (χ2n) is 24.1. The number of methoxy groups -OCH3 is 3. The molecule has 80 heavy (non-hydrogen) atoms. The molecule has 3 N–H and O–H groups in total. The molecule has 14 unspecified atom stereocenters. The maximum absolute atomic E-state index is 12.4. The van der Waals surface area contributed by atoms with Crippen molar-refractivity contribution >= 4 is 35.5 Å². The molecule has 6 heterocycles. The number of rotatable bonds is 20. The summed E-state index contributed by atoms with van der Waals surface area (Å²) in [5.41, 5.74) is 2.18. The number of nitrogens with one attached hydrogen (secondary N) is 1. The second kappa shape index (κ2) is 26.3. The summed E-state index contributed by atoms with van der Waals surface area (Å²) in [6.45, 7) is 21.0. The van der Waals surface area contributed by atoms with Crippen LogP contribution < -0.4 is 5.32 Å². The maximum Gasteiger partial charge on any atom is 0.414 e. The summed E-state index contributed by atoms with van der Waals surface area (Å²) < 4.78 is 64.4. The molecule has 9 rings (SSSR count). The number of carboxylic acids is 1. The second-order valence-corrected chi connectivity index (χ2v) is 24.4. The molecule has 3 spiro atoms. The summed E-state index contributed by atoms with van der Waals surface area (Å²) in [5.74, 6) is -2.27. The Labute approximate surface area is 477 Å². The molecule has 6 saturated heterocycles. The number of alkyl carbamates (subject to hydrolysis) is 1. The molecule has 18 atom stereocenters. The predicted octanol–water partition coefficient (Wildman–Crippen LogP) is 8.52. The molecule has 3 saturated carbocycles. The first-order valence-corrected chi connectivity index (χ1v) is 28.7. The summed E-state index contributed by atoms with van der Waals surface area (Å²) in [4.78, 5) is 46.1. The number of ether oxygens (including phenoxy) is 11. The summed E-state index contributed by atoms with van der Waals surface area (Å²) in [6.07, 6.45) is 23.2. The van der Waals surface area contributed by atoms with Gasteiger partial charge in [-0.05, 0) is 120 Å². The zero-order valence-electron chi connectivity index (χ0n) is 48.9. The van der Waals surface area contributed by atoms with Crippen molar-refractivity contribution in [3.8, 4) is 0 Å². The third-order valence-electron chi connectivity index (χ3n) is 17.7. The van der Waals surface area contributed by atoms with Gasteiger partial charge in [-0.2, -0.15) is 0 Å². The van der Waals surface area contributed by atoms with Gasteiger partial charge in [-0.3, -0.25) is 10.1 Å². The monoisotopic (exact) mass is 1140 g/mol. The van der Waals surface area contributed by atoms with E-state index in [1.807, 2.05) is 0 Å². The number of aliphatic carboxylic acids is 1. The van der Waals surface area contributed by atoms with Crippen LogP contribution in [-0.2, 0) is 66.5 Å². The molecule has 19 heteroatoms. The SMILES string of the molecule is COC1C(O)CCC2(CO2)C1C1(C)OC1CC=C(C)C.COC1C(OC(=O)/C=C/C=C/C=C/C=C/C(=O)O)CCC2(CO2)C1[C@@]1(C)O[C@@H]1CC=C(C)C.COC1C(OC(=O)NC(=O)CCl)CCC2(CO2)C1[C@@]1(C)O[C@@H]1CC=C(C)C. The van der Waals surface area contributed by atoms with E-state index < -0.39 is 41.7 Å². The number of aliphatic hydroxyl groups is 1. The number of imide groups is 1. The molecule has 9 aliphatic rings. The van der Waals surface area contributed by atoms with Gasteiger partial charge in [0.25, 0.3) is 0 Å². The highest BCUT2D eigenvalue weighted by Crippen LogP contribution is 2.62. The molecule has 18 nitrogen and oxygen atoms in total. The topological polar surface area (TPSA) is 242 Å². The van der Waals surface area contributed by atoms with Crippen LogP contribution in [0.3, 0.4) is 0 Å². The Morgan fingerprint density at radius 1 is 0.562 bits per heavy atom. The summed E-state index contributed by atoms with van der Waals surface area (Å²) in [6, 6.07) is 0. The average Bonchev–Trinajstić information content (AvgIpc) is 3.90. The molecule has 0 bridgehead atoms. The van der Waals surface area contributed by atoms with E-state index in [-0.39, 0.29) is 94.4 Å². The number of hydrogen-bond acceptors (Lipinski definition) is 16. The van der Waals surface area contributed by atoms with Gasteiger partial charge in [0.15, 0.2) is 0 Å². The smallest absolute Gasteiger partial charge is 0.414 e. The zero-order valence-corrected chi connectivity index (χ0v) is 49.6. The molecule has 0 aromatic carbocycles. The van der Waals surface area contributed by atoms with Crippen LogP contribution in [0.5, 0.6) is 0 Å². The highest BCUT2D eigenvalue weighted by atomic mass is 35.5. The lowest BCUT2D eigenvalue weighted by Crippen LogP contribution is -2.56. The van der Waals surface area contributed by atoms with Crippen LogP contribution in [0.2, 0.25) is 0 Å². The Kier molecular flexibility index (Phi) is 20.8. The summed E-state index contributed by atoms with van der Waals surface area (Å²) in [7, 11) is 4.94. The highest BCUT2D eigenvalue weighted by molar-refractivity contribution is 6.28. The van der Waals surface area contributed by atoms with Crippen molar-refractivity contribution in [1.29, 1.82) is 0 Å². The Morgan fingerprint density at radius 2 is 0.925 bits per heavy atom. The fourth-order valence-corrected chi connectivity index (χ4v) is 13.2. The van der Waals surface area contributed by atoms with Crippen LogP contribution in [-0.4, -0.2) is 170 Å². The number of carbonyl (C=O) groups is 4. The van der Waals surface area contributed by atoms with Gasteiger partial charge in [0.2, 0.25) is 5.91 Å². The van der Waals surface area contributed by atoms with Crippen molar-refractivity contribution in [2.24, 2.45) is 17.8 Å². The molecule has 0 aromatic rings. The van der Waals surface area contributed by atoms with Gasteiger partial charge in [-0.1, -0.05) is 71.4 Å². The van der Waals surface area contributed by atoms with E-state index in [0.717, 1.165) is 57.6 Å². The number of allylic oxidation sites excluding steroid dienone is 9. The normalized spacial score (nSPS) is 40.6. The number of esters is 1. The third kappa shape index (κ3) is 15.0. The molecule has 0 aromatic heterocycles. The lowest BCUT2D eigenvalue weighted by atomic mass is 9.68. The van der Waals surface area contributed by atoms with Gasteiger partial charge < -0.3 is 62.3 Å². The first-order valence-electron chi connectivity index (χ1n) is 28.2. The Balaban J connectivity index is 0.000000178. The van der Waals surface area contributed by atoms with Crippen molar-refractivity contribution < 1.29 is 81.5 Å². The van der Waals surface area contributed by atoms with Crippen molar-refractivity contribution in [3.05, 3.63) is 83.6 Å². The van der Waals surface area contributed by atoms with E-state index in [9.17, 15) is 24.3 Å². The minimum Gasteiger partial charge on any atom is -0.478 e. The lowest BCUT2D eigenvalue weighted by molar-refractivity contribution is -0.166. The lowest BCUT2D eigenvalue weighted by Gasteiger charge is -2.42. The molecule has 446 valence electrons. The van der Waals surface area contributed by atoms with Crippen LogP contribution in [0, 0.1) is 17.8 Å². The standard InChI is InChI=1S/C26H34O7.C19H28ClNO6.C16H26O4/c1-18(2)13-14-20-25(3,33-20)24-23(30-4)19(15-16-26(24)17-31-26)32-22(29)12-10-8-6-5-7-9-11-21(27)28;1-11(2)5-6-13-18(3,27-13)16-15(24-4)12(7-8-19(16)10-25-19)26-17(23)21-14(22)9-20;1-10(2)5-6-12-15(3,20-12)14-13(18-4)11(17)7-8-16(14)9-19-16/h5-13,19-20,23-24H,14-17H2,1-4H3,(H,27,28);5,12-13,15-16H,6-10H2,1-4H3,(H,21,22,23);5,11-14,17H,6-9H2,1-4H3/b7-5+,8-6+,11-9+,12-10+;;/t19?,20-,23?,24?,25+,26?;12?,13-,15?,16?,18+,19?;/m11./s1. The molecule has 3 aliphatic carbocycles. The van der Waals surface area contributed by atoms with Gasteiger partial charge in [-0.15, -0.1) is 11.6 Å². The van der Waals surface area contributed by atoms with E-state index in [1.54, 1.807) is 51.7 Å². The molecular weight excluding hydrogens is 1050 g/mol. The zero-order chi connectivity index (χ0) is 58.4. The number of epoxide rings is 6. The van der Waals surface area contributed by atoms with Gasteiger partial charge >= 0.3 is 18.0 Å². The molecule has 2 amide bonds. The van der Waals surface area contributed by atoms with Crippen molar-refractivity contribution in [2.45, 2.75) is 209 Å². The minimum atomic E-state index is -1.00. The largest absolute Gasteiger partial charge is 0.478 e. The number of amides is 2. The van der Waals surface area contributed by atoms with Crippen molar-refractivity contribution in [2.75, 3.05) is 47.0 Å². The fourth-order valence-electron chi connectivity index (χ4n) is 13.1. The van der Waals surface area contributed by atoms with Crippen LogP contribution in [0.25, 0.3) is 0 Å². The Bertz CT molecular complexity index is 2430. The Hall–Kier alpha value is -4.05. The summed E-state index contributed by atoms with van der Waals surface area (Å²) >= 11 is 5.42. The van der Waals surface area contributed by atoms with Crippen molar-refractivity contribution in [3.63, 3.8) is 0 Å². The van der Waals surface area contributed by atoms with Crippen LogP contribution >= 0.6 is 11.6 Å². The molecule has 0 radical (unpaired) electrons. The quantitative estimate of drug-likeness (QED) is 0.0258. The van der Waals surface area contributed by atoms with E-state index >= 15 is 0 Å².